The maximum atomic E-state index is 5.33. The molecule has 0 amide bonds. The van der Waals surface area contributed by atoms with Crippen LogP contribution in [-0.2, 0) is 0 Å². The van der Waals surface area contributed by atoms with Crippen LogP contribution in [0.15, 0.2) is 36.5 Å². The first-order chi connectivity index (χ1) is 7.59. The predicted octanol–water partition coefficient (Wildman–Crippen LogP) is 0.492. The minimum atomic E-state index is 0.396. The van der Waals surface area contributed by atoms with E-state index in [1.54, 1.807) is 36.5 Å². The summed E-state index contributed by atoms with van der Waals surface area (Å²) in [6, 6.07) is 8.60. The van der Waals surface area contributed by atoms with Crippen molar-refractivity contribution in [2.24, 2.45) is 0 Å². The van der Waals surface area contributed by atoms with Gasteiger partial charge in [-0.15, -0.1) is 0 Å². The van der Waals surface area contributed by atoms with Crippen molar-refractivity contribution < 1.29 is 0 Å². The van der Waals surface area contributed by atoms with E-state index in [2.05, 4.69) is 9.97 Å². The zero-order chi connectivity index (χ0) is 12.0. The average Bonchev–Trinajstić information content (AvgIpc) is 2.23. The lowest BCUT2D eigenvalue weighted by molar-refractivity contribution is 1.34. The Hall–Kier alpha value is -2.50. The fourth-order valence-electron chi connectivity index (χ4n) is 0.899. The molecule has 0 aliphatic heterocycles. The maximum Gasteiger partial charge on any atom is 0.146 e. The Balaban J connectivity index is 0.000000160. The lowest BCUT2D eigenvalue weighted by atomic mass is 10.4. The summed E-state index contributed by atoms with van der Waals surface area (Å²) in [7, 11) is 0. The first-order valence-electron chi connectivity index (χ1n) is 4.53. The molecule has 0 radical (unpaired) electrons. The molecule has 2 rings (SSSR count). The first-order valence-corrected chi connectivity index (χ1v) is 4.53. The number of pyridine rings is 2. The number of rotatable bonds is 0. The summed E-state index contributed by atoms with van der Waals surface area (Å²) in [5, 5.41) is 0. The van der Waals surface area contributed by atoms with E-state index in [0.29, 0.717) is 23.1 Å². The molecule has 8 N–H and O–H groups in total. The molecule has 84 valence electrons. The van der Waals surface area contributed by atoms with E-state index in [-0.39, 0.29) is 0 Å². The molecule has 2 aromatic heterocycles. The molecule has 2 aromatic rings. The molecule has 0 saturated carbocycles. The molecular formula is C10H14N6. The lowest BCUT2D eigenvalue weighted by Crippen LogP contribution is -1.95. The first kappa shape index (κ1) is 11.6. The van der Waals surface area contributed by atoms with E-state index >= 15 is 0 Å². The summed E-state index contributed by atoms with van der Waals surface area (Å²) in [6.45, 7) is 0. The number of hydrogen-bond donors (Lipinski definition) is 4. The second-order valence-corrected chi connectivity index (χ2v) is 2.97. The van der Waals surface area contributed by atoms with Gasteiger partial charge in [0.1, 0.15) is 17.5 Å². The van der Waals surface area contributed by atoms with Crippen molar-refractivity contribution in [3.05, 3.63) is 36.5 Å². The number of hydrogen-bond acceptors (Lipinski definition) is 6. The second kappa shape index (κ2) is 5.40. The van der Waals surface area contributed by atoms with Gasteiger partial charge in [0.05, 0.1) is 5.69 Å². The molecule has 0 atom stereocenters. The van der Waals surface area contributed by atoms with Crippen LogP contribution in [0.5, 0.6) is 0 Å². The van der Waals surface area contributed by atoms with Crippen molar-refractivity contribution in [3.63, 3.8) is 0 Å². The summed E-state index contributed by atoms with van der Waals surface area (Å²) < 4.78 is 0. The van der Waals surface area contributed by atoms with Crippen LogP contribution in [0.3, 0.4) is 0 Å². The summed E-state index contributed by atoms with van der Waals surface area (Å²) in [5.74, 6) is 1.32. The Kier molecular flexibility index (Phi) is 3.90. The van der Waals surface area contributed by atoms with Gasteiger partial charge in [0.2, 0.25) is 0 Å². The van der Waals surface area contributed by atoms with Crippen LogP contribution < -0.4 is 22.9 Å². The van der Waals surface area contributed by atoms with Crippen molar-refractivity contribution in [2.75, 3.05) is 22.9 Å². The van der Waals surface area contributed by atoms with Gasteiger partial charge in [0, 0.05) is 6.20 Å². The van der Waals surface area contributed by atoms with Gasteiger partial charge in [-0.2, -0.15) is 0 Å². The summed E-state index contributed by atoms with van der Waals surface area (Å²) in [5.41, 5.74) is 21.7. The third-order valence-electron chi connectivity index (χ3n) is 1.66. The van der Waals surface area contributed by atoms with E-state index < -0.39 is 0 Å². The number of nitrogens with zero attached hydrogens (tertiary/aromatic N) is 2. The van der Waals surface area contributed by atoms with Gasteiger partial charge in [0.25, 0.3) is 0 Å². The zero-order valence-electron chi connectivity index (χ0n) is 8.67. The van der Waals surface area contributed by atoms with Crippen molar-refractivity contribution in [3.8, 4) is 0 Å². The van der Waals surface area contributed by atoms with E-state index in [4.69, 9.17) is 22.9 Å². The minimum Gasteiger partial charge on any atom is -0.396 e. The molecule has 0 saturated heterocycles. The van der Waals surface area contributed by atoms with Gasteiger partial charge >= 0.3 is 0 Å². The molecule has 16 heavy (non-hydrogen) atoms. The molecule has 0 bridgehead atoms. The molecule has 0 aromatic carbocycles. The fourth-order valence-corrected chi connectivity index (χ4v) is 0.899. The van der Waals surface area contributed by atoms with E-state index in [0.717, 1.165) is 0 Å². The second-order valence-electron chi connectivity index (χ2n) is 2.97. The summed E-state index contributed by atoms with van der Waals surface area (Å²) in [6.07, 6.45) is 1.60. The number of anilines is 4. The monoisotopic (exact) mass is 218 g/mol. The average molecular weight is 218 g/mol. The lowest BCUT2D eigenvalue weighted by Gasteiger charge is -1.92. The maximum absolute atomic E-state index is 5.33. The zero-order valence-corrected chi connectivity index (χ0v) is 8.67. The predicted molar refractivity (Wildman–Crippen MR) is 66.1 cm³/mol. The Morgan fingerprint density at radius 3 is 1.75 bits per heavy atom. The highest BCUT2D eigenvalue weighted by molar-refractivity contribution is 5.56. The molecular weight excluding hydrogens is 204 g/mol. The van der Waals surface area contributed by atoms with Gasteiger partial charge < -0.3 is 22.9 Å². The SMILES string of the molecule is Nc1cccc(N)n1.Nc1cccnc1N. The van der Waals surface area contributed by atoms with Crippen molar-refractivity contribution >= 4 is 23.1 Å². The van der Waals surface area contributed by atoms with Gasteiger partial charge in [-0.25, -0.2) is 9.97 Å². The minimum absolute atomic E-state index is 0.396. The molecule has 2 heterocycles. The highest BCUT2D eigenvalue weighted by atomic mass is 14.9. The normalized spacial score (nSPS) is 9.00. The van der Waals surface area contributed by atoms with Gasteiger partial charge in [0.15, 0.2) is 0 Å². The Morgan fingerprint density at radius 1 is 0.812 bits per heavy atom. The number of aromatic nitrogens is 2. The summed E-state index contributed by atoms with van der Waals surface area (Å²) in [4.78, 5) is 7.46. The summed E-state index contributed by atoms with van der Waals surface area (Å²) >= 11 is 0. The smallest absolute Gasteiger partial charge is 0.146 e. The fraction of sp³-hybridized carbons (Fsp3) is 0. The van der Waals surface area contributed by atoms with E-state index in [1.807, 2.05) is 0 Å². The van der Waals surface area contributed by atoms with E-state index in [1.165, 1.54) is 0 Å². The molecule has 0 aliphatic carbocycles. The van der Waals surface area contributed by atoms with Crippen LogP contribution in [0.2, 0.25) is 0 Å². The third kappa shape index (κ3) is 3.70. The number of nitrogens with two attached hydrogens (primary N) is 4. The molecule has 0 aliphatic rings. The molecule has 6 heteroatoms. The molecule has 0 fully saturated rings. The molecule has 6 nitrogen and oxygen atoms in total. The quantitative estimate of drug-likeness (QED) is 0.509. The highest BCUT2D eigenvalue weighted by Crippen LogP contribution is 2.06. The Morgan fingerprint density at radius 2 is 1.44 bits per heavy atom. The van der Waals surface area contributed by atoms with Crippen molar-refractivity contribution in [2.45, 2.75) is 0 Å². The van der Waals surface area contributed by atoms with Crippen LogP contribution in [0.4, 0.5) is 23.1 Å². The standard InChI is InChI=1S/2C5H7N3/c6-4-2-1-3-8-5(4)7;6-4-2-1-3-5(7)8-4/h1-3H,6H2,(H2,7,8);1-3H,(H4,6,7,8). The Labute approximate surface area is 93.3 Å². The molecule has 0 spiro atoms. The van der Waals surface area contributed by atoms with Gasteiger partial charge in [-0.05, 0) is 24.3 Å². The number of nitrogen functional groups attached to an aromatic ring is 4. The van der Waals surface area contributed by atoms with Crippen LogP contribution in [0, 0.1) is 0 Å². The van der Waals surface area contributed by atoms with E-state index in [9.17, 15) is 0 Å². The highest BCUT2D eigenvalue weighted by Gasteiger charge is 1.87. The topological polar surface area (TPSA) is 130 Å². The van der Waals surface area contributed by atoms with Crippen LogP contribution in [0.25, 0.3) is 0 Å². The van der Waals surface area contributed by atoms with Crippen molar-refractivity contribution in [1.82, 2.24) is 9.97 Å². The third-order valence-corrected chi connectivity index (χ3v) is 1.66. The van der Waals surface area contributed by atoms with Gasteiger partial charge in [-0.1, -0.05) is 6.07 Å². The van der Waals surface area contributed by atoms with Crippen LogP contribution in [-0.4, -0.2) is 9.97 Å². The largest absolute Gasteiger partial charge is 0.396 e. The molecule has 0 unspecified atom stereocenters. The van der Waals surface area contributed by atoms with Crippen LogP contribution in [0.1, 0.15) is 0 Å². The Bertz CT molecular complexity index is 418. The van der Waals surface area contributed by atoms with Crippen LogP contribution >= 0.6 is 0 Å². The van der Waals surface area contributed by atoms with Gasteiger partial charge in [-0.3, -0.25) is 0 Å². The van der Waals surface area contributed by atoms with Crippen molar-refractivity contribution in [1.29, 1.82) is 0 Å².